The predicted molar refractivity (Wildman–Crippen MR) is 84.2 cm³/mol. The Hall–Kier alpha value is -1.36. The summed E-state index contributed by atoms with van der Waals surface area (Å²) < 4.78 is 16.8. The van der Waals surface area contributed by atoms with Gasteiger partial charge in [-0.25, -0.2) is 9.37 Å². The average molecular weight is 340 g/mol. The van der Waals surface area contributed by atoms with Crippen molar-refractivity contribution in [2.75, 3.05) is 5.73 Å². The molecule has 2 rings (SSSR count). The summed E-state index contributed by atoms with van der Waals surface area (Å²) in [4.78, 5) is 4.58. The first-order chi connectivity index (χ1) is 9.32. The molecule has 1 aromatic carbocycles. The summed E-state index contributed by atoms with van der Waals surface area (Å²) in [5.74, 6) is 1.31. The van der Waals surface area contributed by atoms with E-state index in [9.17, 15) is 4.39 Å². The first kappa shape index (κ1) is 15.0. The molecule has 2 N–H and O–H groups in total. The molecule has 0 spiro atoms. The second kappa shape index (κ2) is 5.56. The molecule has 0 aliphatic rings. The van der Waals surface area contributed by atoms with Crippen LogP contribution < -0.4 is 5.73 Å². The minimum Gasteiger partial charge on any atom is -0.383 e. The maximum atomic E-state index is 14.1. The molecular weight excluding hydrogens is 321 g/mol. The molecule has 20 heavy (non-hydrogen) atoms. The Balaban J connectivity index is 2.69. The van der Waals surface area contributed by atoms with Gasteiger partial charge in [0.25, 0.3) is 0 Å². The second-order valence-corrected chi connectivity index (χ2v) is 6.36. The Kier molecular flexibility index (Phi) is 4.18. The molecule has 108 valence electrons. The lowest BCUT2D eigenvalue weighted by atomic mass is 10.1. The third-order valence-corrected chi connectivity index (χ3v) is 3.68. The zero-order valence-electron chi connectivity index (χ0n) is 12.1. The van der Waals surface area contributed by atoms with E-state index < -0.39 is 0 Å². The van der Waals surface area contributed by atoms with Gasteiger partial charge in [-0.2, -0.15) is 0 Å². The van der Waals surface area contributed by atoms with Gasteiger partial charge in [0, 0.05) is 22.0 Å². The number of nitrogens with zero attached hydrogens (tertiary/aromatic N) is 2. The van der Waals surface area contributed by atoms with E-state index in [2.05, 4.69) is 34.8 Å². The van der Waals surface area contributed by atoms with Crippen LogP contribution in [0.25, 0.3) is 11.3 Å². The van der Waals surface area contributed by atoms with Crippen molar-refractivity contribution in [3.05, 3.63) is 34.3 Å². The van der Waals surface area contributed by atoms with Crippen LogP contribution in [-0.2, 0) is 0 Å². The molecule has 0 amide bonds. The molecular formula is C15H19BrFN3. The number of nitrogen functional groups attached to an aromatic ring is 1. The molecule has 1 aromatic heterocycles. The van der Waals surface area contributed by atoms with Crippen molar-refractivity contribution in [1.82, 2.24) is 9.55 Å². The number of aromatic nitrogens is 2. The molecule has 5 heteroatoms. The van der Waals surface area contributed by atoms with Crippen LogP contribution in [-0.4, -0.2) is 9.55 Å². The van der Waals surface area contributed by atoms with Crippen LogP contribution in [0.5, 0.6) is 0 Å². The zero-order chi connectivity index (χ0) is 15.0. The van der Waals surface area contributed by atoms with Crippen LogP contribution >= 0.6 is 15.9 Å². The van der Waals surface area contributed by atoms with Crippen LogP contribution in [0.15, 0.2) is 22.7 Å². The van der Waals surface area contributed by atoms with Crippen molar-refractivity contribution >= 4 is 21.7 Å². The number of nitrogens with two attached hydrogens (primary N) is 1. The van der Waals surface area contributed by atoms with Crippen molar-refractivity contribution < 1.29 is 4.39 Å². The first-order valence-electron chi connectivity index (χ1n) is 6.66. The molecule has 0 saturated carbocycles. The van der Waals surface area contributed by atoms with Crippen molar-refractivity contribution in [3.8, 4) is 11.3 Å². The summed E-state index contributed by atoms with van der Waals surface area (Å²) in [6, 6.07) is 4.98. The standard InChI is InChI=1S/C15H19BrFN3/c1-8(2)15-19-13(14(18)20(15)9(3)4)11-7-10(16)5-6-12(11)17/h5-9H,18H2,1-4H3. The highest BCUT2D eigenvalue weighted by atomic mass is 79.9. The molecule has 0 bridgehead atoms. The summed E-state index contributed by atoms with van der Waals surface area (Å²) in [6.07, 6.45) is 0. The fourth-order valence-electron chi connectivity index (χ4n) is 2.29. The van der Waals surface area contributed by atoms with Crippen LogP contribution in [0.1, 0.15) is 45.5 Å². The highest BCUT2D eigenvalue weighted by molar-refractivity contribution is 9.10. The molecule has 0 fully saturated rings. The number of hydrogen-bond acceptors (Lipinski definition) is 2. The smallest absolute Gasteiger partial charge is 0.132 e. The van der Waals surface area contributed by atoms with E-state index in [4.69, 9.17) is 5.73 Å². The van der Waals surface area contributed by atoms with Gasteiger partial charge in [-0.15, -0.1) is 0 Å². The molecule has 1 heterocycles. The van der Waals surface area contributed by atoms with Crippen LogP contribution in [0.3, 0.4) is 0 Å². The van der Waals surface area contributed by atoms with Gasteiger partial charge in [-0.3, -0.25) is 0 Å². The highest BCUT2D eigenvalue weighted by Gasteiger charge is 2.21. The molecule has 0 atom stereocenters. The first-order valence-corrected chi connectivity index (χ1v) is 7.45. The van der Waals surface area contributed by atoms with E-state index in [0.717, 1.165) is 10.3 Å². The van der Waals surface area contributed by atoms with Crippen LogP contribution in [0, 0.1) is 5.82 Å². The number of benzene rings is 1. The second-order valence-electron chi connectivity index (χ2n) is 5.45. The maximum Gasteiger partial charge on any atom is 0.132 e. The van der Waals surface area contributed by atoms with Gasteiger partial charge < -0.3 is 10.3 Å². The van der Waals surface area contributed by atoms with Crippen molar-refractivity contribution in [2.45, 2.75) is 39.7 Å². The number of rotatable bonds is 3. The fourth-order valence-corrected chi connectivity index (χ4v) is 2.65. The number of hydrogen-bond donors (Lipinski definition) is 1. The Morgan fingerprint density at radius 1 is 1.25 bits per heavy atom. The summed E-state index contributed by atoms with van der Waals surface area (Å²) in [7, 11) is 0. The number of imidazole rings is 1. The van der Waals surface area contributed by atoms with Gasteiger partial charge >= 0.3 is 0 Å². The molecule has 0 saturated heterocycles. The number of anilines is 1. The molecule has 2 aromatic rings. The topological polar surface area (TPSA) is 43.8 Å². The fraction of sp³-hybridized carbons (Fsp3) is 0.400. The Labute approximate surface area is 127 Å². The molecule has 0 radical (unpaired) electrons. The highest BCUT2D eigenvalue weighted by Crippen LogP contribution is 2.34. The van der Waals surface area contributed by atoms with Gasteiger partial charge in [0.1, 0.15) is 23.2 Å². The van der Waals surface area contributed by atoms with Gasteiger partial charge in [0.2, 0.25) is 0 Å². The molecule has 0 unspecified atom stereocenters. The largest absolute Gasteiger partial charge is 0.383 e. The quantitative estimate of drug-likeness (QED) is 0.877. The van der Waals surface area contributed by atoms with Crippen molar-refractivity contribution in [3.63, 3.8) is 0 Å². The Morgan fingerprint density at radius 3 is 2.40 bits per heavy atom. The van der Waals surface area contributed by atoms with Crippen molar-refractivity contribution in [2.24, 2.45) is 0 Å². The monoisotopic (exact) mass is 339 g/mol. The van der Waals surface area contributed by atoms with Gasteiger partial charge in [-0.05, 0) is 32.0 Å². The summed E-state index contributed by atoms with van der Waals surface area (Å²) in [6.45, 7) is 8.21. The van der Waals surface area contributed by atoms with Gasteiger partial charge in [0.15, 0.2) is 0 Å². The van der Waals surface area contributed by atoms with Crippen LogP contribution in [0.4, 0.5) is 10.2 Å². The summed E-state index contributed by atoms with van der Waals surface area (Å²) in [5.41, 5.74) is 7.16. The lowest BCUT2D eigenvalue weighted by molar-refractivity contribution is 0.556. The molecule has 0 aliphatic heterocycles. The Morgan fingerprint density at radius 2 is 1.90 bits per heavy atom. The summed E-state index contributed by atoms with van der Waals surface area (Å²) >= 11 is 3.36. The minimum absolute atomic E-state index is 0.184. The Bertz CT molecular complexity index is 632. The third-order valence-electron chi connectivity index (χ3n) is 3.19. The lowest BCUT2D eigenvalue weighted by Crippen LogP contribution is -2.10. The summed E-state index contributed by atoms with van der Waals surface area (Å²) in [5, 5.41) is 0. The minimum atomic E-state index is -0.316. The third kappa shape index (κ3) is 2.59. The maximum absolute atomic E-state index is 14.1. The molecule has 0 aliphatic carbocycles. The van der Waals surface area contributed by atoms with E-state index in [1.54, 1.807) is 12.1 Å². The SMILES string of the molecule is CC(C)c1nc(-c2cc(Br)ccc2F)c(N)n1C(C)C. The van der Waals surface area contributed by atoms with Crippen molar-refractivity contribution in [1.29, 1.82) is 0 Å². The van der Waals surface area contributed by atoms with E-state index >= 15 is 0 Å². The number of halogens is 2. The van der Waals surface area contributed by atoms with Crippen LogP contribution in [0.2, 0.25) is 0 Å². The van der Waals surface area contributed by atoms with Gasteiger partial charge in [-0.1, -0.05) is 29.8 Å². The van der Waals surface area contributed by atoms with E-state index in [1.807, 2.05) is 18.4 Å². The molecule has 3 nitrogen and oxygen atoms in total. The average Bonchev–Trinajstić information content (AvgIpc) is 2.70. The van der Waals surface area contributed by atoms with E-state index in [1.165, 1.54) is 6.07 Å². The van der Waals surface area contributed by atoms with E-state index in [0.29, 0.717) is 17.1 Å². The lowest BCUT2D eigenvalue weighted by Gasteiger charge is -2.15. The van der Waals surface area contributed by atoms with Gasteiger partial charge in [0.05, 0.1) is 0 Å². The van der Waals surface area contributed by atoms with E-state index in [-0.39, 0.29) is 17.8 Å². The predicted octanol–water partition coefficient (Wildman–Crippen LogP) is 4.74. The normalized spacial score (nSPS) is 11.6. The zero-order valence-corrected chi connectivity index (χ0v) is 13.7.